The fourth-order valence-corrected chi connectivity index (χ4v) is 3.70. The van der Waals surface area contributed by atoms with Gasteiger partial charge in [-0.25, -0.2) is 0 Å². The molecule has 2 aliphatic heterocycles. The first-order chi connectivity index (χ1) is 12.2. The maximum absolute atomic E-state index is 12.6. The highest BCUT2D eigenvalue weighted by molar-refractivity contribution is 5.86. The zero-order chi connectivity index (χ0) is 17.5. The van der Waals surface area contributed by atoms with Gasteiger partial charge in [0, 0.05) is 19.8 Å². The second kappa shape index (κ2) is 8.79. The van der Waals surface area contributed by atoms with E-state index in [1.54, 1.807) is 0 Å². The molecule has 2 aliphatic rings. The maximum atomic E-state index is 12.6. The molecule has 1 aromatic carbocycles. The molecule has 3 rings (SSSR count). The van der Waals surface area contributed by atoms with Crippen molar-refractivity contribution in [3.8, 4) is 0 Å². The zero-order valence-corrected chi connectivity index (χ0v) is 15.2. The van der Waals surface area contributed by atoms with Crippen LogP contribution in [0.2, 0.25) is 0 Å². The highest BCUT2D eigenvalue weighted by atomic mass is 16.5. The average Bonchev–Trinajstić information content (AvgIpc) is 3.16. The molecule has 2 N–H and O–H groups in total. The van der Waals surface area contributed by atoms with E-state index in [1.807, 2.05) is 6.07 Å². The Balaban J connectivity index is 1.50. The minimum Gasteiger partial charge on any atom is -0.381 e. The van der Waals surface area contributed by atoms with Gasteiger partial charge in [-0.05, 0) is 49.8 Å². The second-order valence-electron chi connectivity index (χ2n) is 7.09. The third-order valence-electron chi connectivity index (χ3n) is 5.38. The predicted molar refractivity (Wildman–Crippen MR) is 97.2 cm³/mol. The summed E-state index contributed by atoms with van der Waals surface area (Å²) >= 11 is 0. The number of hydrogen-bond acceptors (Lipinski definition) is 4. The van der Waals surface area contributed by atoms with Crippen LogP contribution in [0.4, 0.5) is 0 Å². The van der Waals surface area contributed by atoms with E-state index in [0.29, 0.717) is 19.3 Å². The van der Waals surface area contributed by atoms with Gasteiger partial charge in [-0.2, -0.15) is 0 Å². The van der Waals surface area contributed by atoms with E-state index in [-0.39, 0.29) is 11.4 Å². The summed E-state index contributed by atoms with van der Waals surface area (Å²) in [6.45, 7) is 5.78. The molecule has 0 bridgehead atoms. The van der Waals surface area contributed by atoms with Crippen molar-refractivity contribution < 1.29 is 14.3 Å². The van der Waals surface area contributed by atoms with E-state index in [4.69, 9.17) is 9.47 Å². The lowest BCUT2D eigenvalue weighted by molar-refractivity contribution is -0.127. The Morgan fingerprint density at radius 3 is 2.88 bits per heavy atom. The second-order valence-corrected chi connectivity index (χ2v) is 7.09. The van der Waals surface area contributed by atoms with E-state index in [1.165, 1.54) is 0 Å². The lowest BCUT2D eigenvalue weighted by Crippen LogP contribution is -2.52. The van der Waals surface area contributed by atoms with Gasteiger partial charge < -0.3 is 20.1 Å². The van der Waals surface area contributed by atoms with Gasteiger partial charge in [-0.3, -0.25) is 4.79 Å². The van der Waals surface area contributed by atoms with Crippen molar-refractivity contribution in [3.63, 3.8) is 0 Å². The van der Waals surface area contributed by atoms with E-state index >= 15 is 0 Å². The Labute approximate surface area is 150 Å². The molecule has 25 heavy (non-hydrogen) atoms. The largest absolute Gasteiger partial charge is 0.381 e. The summed E-state index contributed by atoms with van der Waals surface area (Å²) in [7, 11) is 0. The summed E-state index contributed by atoms with van der Waals surface area (Å²) in [4.78, 5) is 12.6. The van der Waals surface area contributed by atoms with Crippen molar-refractivity contribution in [1.29, 1.82) is 0 Å². The maximum Gasteiger partial charge on any atom is 0.240 e. The van der Waals surface area contributed by atoms with Crippen molar-refractivity contribution in [2.75, 3.05) is 19.8 Å². The molecular weight excluding hydrogens is 316 g/mol. The van der Waals surface area contributed by atoms with Crippen LogP contribution in [0, 0.1) is 0 Å². The zero-order valence-electron chi connectivity index (χ0n) is 15.2. The lowest BCUT2D eigenvalue weighted by atomic mass is 9.93. The van der Waals surface area contributed by atoms with Crippen LogP contribution in [-0.4, -0.2) is 37.3 Å². The number of rotatable bonds is 7. The molecule has 5 nitrogen and oxygen atoms in total. The smallest absolute Gasteiger partial charge is 0.240 e. The topological polar surface area (TPSA) is 59.6 Å². The summed E-state index contributed by atoms with van der Waals surface area (Å²) in [5.41, 5.74) is 1.90. The number of ether oxygens (including phenoxy) is 2. The number of amides is 1. The molecule has 1 amide bonds. The fraction of sp³-hybridized carbons (Fsp3) is 0.650. The molecule has 2 heterocycles. The minimum atomic E-state index is -0.371. The van der Waals surface area contributed by atoms with E-state index < -0.39 is 0 Å². The normalized spacial score (nSPS) is 24.4. The molecule has 1 aromatic rings. The Morgan fingerprint density at radius 2 is 2.16 bits per heavy atom. The molecule has 0 spiro atoms. The quantitative estimate of drug-likeness (QED) is 0.796. The minimum absolute atomic E-state index is 0.122. The summed E-state index contributed by atoms with van der Waals surface area (Å²) in [5.74, 6) is 0.122. The Morgan fingerprint density at radius 1 is 1.36 bits per heavy atom. The monoisotopic (exact) mass is 346 g/mol. The van der Waals surface area contributed by atoms with Crippen molar-refractivity contribution in [2.45, 2.75) is 63.8 Å². The van der Waals surface area contributed by atoms with Crippen LogP contribution < -0.4 is 10.6 Å². The van der Waals surface area contributed by atoms with E-state index in [9.17, 15) is 4.79 Å². The van der Waals surface area contributed by atoms with Crippen LogP contribution in [0.5, 0.6) is 0 Å². The number of carbonyl (C=O) groups excluding carboxylic acids is 1. The van der Waals surface area contributed by atoms with Gasteiger partial charge in [0.05, 0.1) is 18.2 Å². The van der Waals surface area contributed by atoms with Gasteiger partial charge in [-0.1, -0.05) is 31.2 Å². The molecular formula is C20H30N2O3. The first-order valence-electron chi connectivity index (χ1n) is 9.52. The van der Waals surface area contributed by atoms with E-state index in [0.717, 1.165) is 63.0 Å². The number of hydrogen-bond donors (Lipinski definition) is 2. The predicted octanol–water partition coefficient (Wildman–Crippen LogP) is 2.53. The van der Waals surface area contributed by atoms with Gasteiger partial charge in [0.15, 0.2) is 0 Å². The van der Waals surface area contributed by atoms with Gasteiger partial charge >= 0.3 is 0 Å². The molecule has 0 radical (unpaired) electrons. The molecule has 0 aliphatic carbocycles. The first-order valence-corrected chi connectivity index (χ1v) is 9.52. The molecule has 138 valence electrons. The van der Waals surface area contributed by atoms with Gasteiger partial charge in [-0.15, -0.1) is 0 Å². The van der Waals surface area contributed by atoms with Crippen molar-refractivity contribution >= 4 is 5.91 Å². The van der Waals surface area contributed by atoms with Gasteiger partial charge in [0.25, 0.3) is 0 Å². The SMILES string of the molecule is CCC1(C(=O)NCc2cccc(COC3CCOCC3)c2)CCCN1. The van der Waals surface area contributed by atoms with Crippen LogP contribution >= 0.6 is 0 Å². The highest BCUT2D eigenvalue weighted by Gasteiger charge is 2.38. The summed E-state index contributed by atoms with van der Waals surface area (Å²) < 4.78 is 11.3. The van der Waals surface area contributed by atoms with Crippen LogP contribution in [0.15, 0.2) is 24.3 Å². The average molecular weight is 346 g/mol. The first kappa shape index (κ1) is 18.4. The summed E-state index contributed by atoms with van der Waals surface area (Å²) in [6.07, 6.45) is 5.07. The Bertz CT molecular complexity index is 564. The van der Waals surface area contributed by atoms with Crippen molar-refractivity contribution in [2.24, 2.45) is 0 Å². The molecule has 5 heteroatoms. The van der Waals surface area contributed by atoms with Crippen LogP contribution in [-0.2, 0) is 27.4 Å². The molecule has 0 saturated carbocycles. The van der Waals surface area contributed by atoms with Crippen LogP contribution in [0.3, 0.4) is 0 Å². The molecule has 1 unspecified atom stereocenters. The number of carbonyl (C=O) groups is 1. The third kappa shape index (κ3) is 4.81. The molecule has 1 atom stereocenters. The van der Waals surface area contributed by atoms with Crippen molar-refractivity contribution in [3.05, 3.63) is 35.4 Å². The Hall–Kier alpha value is -1.43. The molecule has 2 saturated heterocycles. The third-order valence-corrected chi connectivity index (χ3v) is 5.38. The Kier molecular flexibility index (Phi) is 6.45. The van der Waals surface area contributed by atoms with Crippen LogP contribution in [0.1, 0.15) is 50.2 Å². The molecule has 2 fully saturated rings. The van der Waals surface area contributed by atoms with Crippen molar-refractivity contribution in [1.82, 2.24) is 10.6 Å². The number of nitrogens with one attached hydrogen (secondary N) is 2. The van der Waals surface area contributed by atoms with Gasteiger partial charge in [0.2, 0.25) is 5.91 Å². The highest BCUT2D eigenvalue weighted by Crippen LogP contribution is 2.23. The van der Waals surface area contributed by atoms with E-state index in [2.05, 4.69) is 35.8 Å². The fourth-order valence-electron chi connectivity index (χ4n) is 3.70. The molecule has 0 aromatic heterocycles. The summed E-state index contributed by atoms with van der Waals surface area (Å²) in [5, 5.41) is 6.49. The van der Waals surface area contributed by atoms with Gasteiger partial charge in [0.1, 0.15) is 0 Å². The standard InChI is InChI=1S/C20H30N2O3/c1-2-20(9-4-10-22-20)19(23)21-14-16-5-3-6-17(13-16)15-25-18-7-11-24-12-8-18/h3,5-6,13,18,22H,2,4,7-12,14-15H2,1H3,(H,21,23). The van der Waals surface area contributed by atoms with Crippen LogP contribution in [0.25, 0.3) is 0 Å². The lowest BCUT2D eigenvalue weighted by Gasteiger charge is -2.26. The number of benzene rings is 1. The summed E-state index contributed by atoms with van der Waals surface area (Å²) in [6, 6.07) is 8.30.